The number of carbonyl (C=O) groups is 4. The molecule has 7 nitrogen and oxygen atoms in total. The lowest BCUT2D eigenvalue weighted by Crippen LogP contribution is -2.52. The maximum atomic E-state index is 13.9. The van der Waals surface area contributed by atoms with Crippen molar-refractivity contribution < 1.29 is 19.2 Å². The van der Waals surface area contributed by atoms with Crippen molar-refractivity contribution >= 4 is 46.8 Å². The lowest BCUT2D eigenvalue weighted by Gasteiger charge is -2.33. The summed E-state index contributed by atoms with van der Waals surface area (Å²) in [6, 6.07) is 20.4. The summed E-state index contributed by atoms with van der Waals surface area (Å²) in [5, 5.41) is 3.89. The molecule has 3 aromatic rings. The Morgan fingerprint density at radius 3 is 2.17 bits per heavy atom. The zero-order valence-electron chi connectivity index (χ0n) is 23.1. The summed E-state index contributed by atoms with van der Waals surface area (Å²) < 4.78 is 0. The minimum atomic E-state index is -0.815. The first-order chi connectivity index (χ1) is 19.7. The van der Waals surface area contributed by atoms with E-state index in [1.807, 2.05) is 44.2 Å². The monoisotopic (exact) mass is 593 g/mol. The quantitative estimate of drug-likeness (QED) is 0.264. The Morgan fingerprint density at radius 2 is 1.56 bits per heavy atom. The standard InChI is InChI=1S/C32H33Cl2N3O4/c1-3-21(2)35-30(39)28(18-22-10-5-4-6-11-22)37(20-23-15-16-24(33)19-27(23)34)29(38)14-9-17-36-31(40)25-12-7-8-13-26(25)32(36)41/h4-8,10-13,15-16,19,21,28H,3,9,14,17-18,20H2,1-2H3,(H,35,39). The number of fused-ring (bicyclic) bond motifs is 1. The fourth-order valence-electron chi connectivity index (χ4n) is 4.80. The second-order valence-corrected chi connectivity index (χ2v) is 11.0. The molecule has 4 rings (SSSR count). The van der Waals surface area contributed by atoms with E-state index in [1.165, 1.54) is 4.90 Å². The second-order valence-electron chi connectivity index (χ2n) is 10.2. The molecule has 1 aliphatic rings. The van der Waals surface area contributed by atoms with Gasteiger partial charge in [-0.3, -0.25) is 24.1 Å². The van der Waals surface area contributed by atoms with Crippen LogP contribution in [0.5, 0.6) is 0 Å². The molecular formula is C32H33Cl2N3O4. The van der Waals surface area contributed by atoms with Crippen molar-refractivity contribution in [3.8, 4) is 0 Å². The molecule has 2 atom stereocenters. The molecule has 1 N–H and O–H groups in total. The number of hydrogen-bond acceptors (Lipinski definition) is 4. The third kappa shape index (κ3) is 7.34. The number of imide groups is 1. The number of hydrogen-bond donors (Lipinski definition) is 1. The Bertz CT molecular complexity index is 1390. The van der Waals surface area contributed by atoms with Gasteiger partial charge in [-0.15, -0.1) is 0 Å². The first kappa shape index (κ1) is 30.3. The molecule has 1 heterocycles. The van der Waals surface area contributed by atoms with Gasteiger partial charge < -0.3 is 10.2 Å². The van der Waals surface area contributed by atoms with Gasteiger partial charge in [-0.2, -0.15) is 0 Å². The van der Waals surface area contributed by atoms with Crippen LogP contribution < -0.4 is 5.32 Å². The summed E-state index contributed by atoms with van der Waals surface area (Å²) in [7, 11) is 0. The maximum absolute atomic E-state index is 13.9. The molecule has 0 radical (unpaired) electrons. The second kappa shape index (κ2) is 13.8. The van der Waals surface area contributed by atoms with Gasteiger partial charge in [0, 0.05) is 42.0 Å². The molecule has 0 saturated heterocycles. The van der Waals surface area contributed by atoms with Crippen LogP contribution in [0.3, 0.4) is 0 Å². The minimum absolute atomic E-state index is 0.0283. The number of carbonyl (C=O) groups excluding carboxylic acids is 4. The fraction of sp³-hybridized carbons (Fsp3) is 0.312. The van der Waals surface area contributed by atoms with Gasteiger partial charge in [-0.25, -0.2) is 0 Å². The predicted molar refractivity (Wildman–Crippen MR) is 160 cm³/mol. The van der Waals surface area contributed by atoms with Gasteiger partial charge in [0.15, 0.2) is 0 Å². The largest absolute Gasteiger partial charge is 0.352 e. The van der Waals surface area contributed by atoms with E-state index in [4.69, 9.17) is 23.2 Å². The van der Waals surface area contributed by atoms with Crippen molar-refractivity contribution in [1.29, 1.82) is 0 Å². The first-order valence-electron chi connectivity index (χ1n) is 13.7. The molecule has 3 aromatic carbocycles. The average Bonchev–Trinajstić information content (AvgIpc) is 3.21. The maximum Gasteiger partial charge on any atom is 0.261 e. The van der Waals surface area contributed by atoms with E-state index in [0.717, 1.165) is 12.0 Å². The van der Waals surface area contributed by atoms with Crippen LogP contribution in [0.2, 0.25) is 10.0 Å². The first-order valence-corrected chi connectivity index (χ1v) is 14.5. The summed E-state index contributed by atoms with van der Waals surface area (Å²) in [5.41, 5.74) is 2.29. The Morgan fingerprint density at radius 1 is 0.927 bits per heavy atom. The van der Waals surface area contributed by atoms with Crippen LogP contribution in [0.1, 0.15) is 65.0 Å². The van der Waals surface area contributed by atoms with Crippen molar-refractivity contribution in [1.82, 2.24) is 15.1 Å². The number of nitrogens with one attached hydrogen (secondary N) is 1. The highest BCUT2D eigenvalue weighted by Crippen LogP contribution is 2.26. The summed E-state index contributed by atoms with van der Waals surface area (Å²) in [6.45, 7) is 4.08. The van der Waals surface area contributed by atoms with Crippen LogP contribution in [-0.4, -0.2) is 52.1 Å². The lowest BCUT2D eigenvalue weighted by atomic mass is 10.0. The number of rotatable bonds is 12. The van der Waals surface area contributed by atoms with E-state index in [1.54, 1.807) is 47.4 Å². The summed E-state index contributed by atoms with van der Waals surface area (Å²) in [4.78, 5) is 55.8. The van der Waals surface area contributed by atoms with E-state index in [9.17, 15) is 19.2 Å². The Labute approximate surface area is 250 Å². The minimum Gasteiger partial charge on any atom is -0.352 e. The van der Waals surface area contributed by atoms with E-state index in [-0.39, 0.29) is 55.6 Å². The van der Waals surface area contributed by atoms with E-state index < -0.39 is 6.04 Å². The SMILES string of the molecule is CCC(C)NC(=O)C(Cc1ccccc1)N(Cc1ccc(Cl)cc1Cl)C(=O)CCCN1C(=O)c2ccccc2C1=O. The number of benzene rings is 3. The number of nitrogens with zero attached hydrogens (tertiary/aromatic N) is 2. The smallest absolute Gasteiger partial charge is 0.261 e. The zero-order chi connectivity index (χ0) is 29.5. The lowest BCUT2D eigenvalue weighted by molar-refractivity contribution is -0.141. The fourth-order valence-corrected chi connectivity index (χ4v) is 5.27. The van der Waals surface area contributed by atoms with Gasteiger partial charge in [-0.05, 0) is 55.2 Å². The van der Waals surface area contributed by atoms with Crippen molar-refractivity contribution in [2.75, 3.05) is 6.54 Å². The third-order valence-corrected chi connectivity index (χ3v) is 7.87. The molecule has 0 bridgehead atoms. The third-order valence-electron chi connectivity index (χ3n) is 7.28. The van der Waals surface area contributed by atoms with Crippen LogP contribution in [0.15, 0.2) is 72.8 Å². The highest BCUT2D eigenvalue weighted by molar-refractivity contribution is 6.35. The van der Waals surface area contributed by atoms with Gasteiger partial charge >= 0.3 is 0 Å². The zero-order valence-corrected chi connectivity index (χ0v) is 24.6. The molecule has 2 unspecified atom stereocenters. The van der Waals surface area contributed by atoms with E-state index in [0.29, 0.717) is 33.2 Å². The Kier molecular flexibility index (Phi) is 10.2. The Hall–Kier alpha value is -3.68. The van der Waals surface area contributed by atoms with Gasteiger partial charge in [0.2, 0.25) is 11.8 Å². The number of amides is 4. The van der Waals surface area contributed by atoms with Crippen molar-refractivity contribution in [2.24, 2.45) is 0 Å². The van der Waals surface area contributed by atoms with Crippen molar-refractivity contribution in [3.05, 3.63) is 105 Å². The van der Waals surface area contributed by atoms with Crippen LogP contribution in [0, 0.1) is 0 Å². The molecule has 0 fully saturated rings. The topological polar surface area (TPSA) is 86.8 Å². The molecule has 1 aliphatic heterocycles. The molecule has 0 aliphatic carbocycles. The predicted octanol–water partition coefficient (Wildman–Crippen LogP) is 5.92. The van der Waals surface area contributed by atoms with Gasteiger partial charge in [0.25, 0.3) is 11.8 Å². The van der Waals surface area contributed by atoms with E-state index in [2.05, 4.69) is 5.32 Å². The van der Waals surface area contributed by atoms with Crippen molar-refractivity contribution in [2.45, 2.75) is 58.2 Å². The molecule has 9 heteroatoms. The number of halogens is 2. The van der Waals surface area contributed by atoms with E-state index >= 15 is 0 Å². The average molecular weight is 595 g/mol. The van der Waals surface area contributed by atoms with Crippen LogP contribution in [0.4, 0.5) is 0 Å². The molecule has 0 spiro atoms. The van der Waals surface area contributed by atoms with Gasteiger partial charge in [-0.1, -0.05) is 78.7 Å². The molecule has 4 amide bonds. The molecule has 41 heavy (non-hydrogen) atoms. The molecule has 214 valence electrons. The Balaban J connectivity index is 1.57. The van der Waals surface area contributed by atoms with Gasteiger partial charge in [0.05, 0.1) is 11.1 Å². The van der Waals surface area contributed by atoms with Gasteiger partial charge in [0.1, 0.15) is 6.04 Å². The summed E-state index contributed by atoms with van der Waals surface area (Å²) >= 11 is 12.6. The van der Waals surface area contributed by atoms with Crippen LogP contribution in [-0.2, 0) is 22.6 Å². The molecule has 0 aromatic heterocycles. The highest BCUT2D eigenvalue weighted by atomic mass is 35.5. The van der Waals surface area contributed by atoms with Crippen LogP contribution >= 0.6 is 23.2 Å². The van der Waals surface area contributed by atoms with Crippen molar-refractivity contribution in [3.63, 3.8) is 0 Å². The summed E-state index contributed by atoms with van der Waals surface area (Å²) in [6.07, 6.45) is 1.32. The van der Waals surface area contributed by atoms with Crippen LogP contribution in [0.25, 0.3) is 0 Å². The normalized spacial score (nSPS) is 14.0. The molecule has 0 saturated carbocycles. The highest BCUT2D eigenvalue weighted by Gasteiger charge is 2.35. The molecular weight excluding hydrogens is 561 g/mol. The summed E-state index contributed by atoms with van der Waals surface area (Å²) in [5.74, 6) is -1.27.